The molecule has 0 radical (unpaired) electrons. The number of aromatic amines is 1. The highest BCUT2D eigenvalue weighted by Gasteiger charge is 2.27. The van der Waals surface area contributed by atoms with Crippen LogP contribution in [0.3, 0.4) is 0 Å². The Hall–Kier alpha value is -3.35. The molecule has 0 saturated carbocycles. The van der Waals surface area contributed by atoms with Gasteiger partial charge in [-0.2, -0.15) is 0 Å². The predicted octanol–water partition coefficient (Wildman–Crippen LogP) is 5.04. The summed E-state index contributed by atoms with van der Waals surface area (Å²) in [6, 6.07) is 9.94. The summed E-state index contributed by atoms with van der Waals surface area (Å²) in [7, 11) is 0. The van der Waals surface area contributed by atoms with E-state index in [1.165, 1.54) is 12.1 Å². The number of nitrogens with two attached hydrogens (primary N) is 1. The van der Waals surface area contributed by atoms with Gasteiger partial charge in [0.1, 0.15) is 5.82 Å². The number of piperidine rings is 1. The van der Waals surface area contributed by atoms with Crippen LogP contribution in [0.1, 0.15) is 48.5 Å². The number of amides is 2. The van der Waals surface area contributed by atoms with Crippen LogP contribution in [-0.4, -0.2) is 41.6 Å². The predicted molar refractivity (Wildman–Crippen MR) is 122 cm³/mol. The molecular formula is C25H28FN3O3. The molecule has 1 fully saturated rings. The van der Waals surface area contributed by atoms with Gasteiger partial charge in [-0.15, -0.1) is 0 Å². The largest absolute Gasteiger partial charge is 0.449 e. The van der Waals surface area contributed by atoms with Crippen LogP contribution in [0.5, 0.6) is 0 Å². The molecule has 1 aromatic heterocycles. The zero-order valence-corrected chi connectivity index (χ0v) is 18.4. The number of carbonyl (C=O) groups is 2. The summed E-state index contributed by atoms with van der Waals surface area (Å²) in [5.41, 5.74) is 9.49. The van der Waals surface area contributed by atoms with E-state index < -0.39 is 5.91 Å². The van der Waals surface area contributed by atoms with Crippen LogP contribution in [0.4, 0.5) is 9.18 Å². The SMILES string of the molecule is CC(C)COC(=O)N1CCC(c2c[nH]c3c(C(N)=O)cc(-c4ccc(F)cc4)cc23)CC1. The molecule has 2 amide bonds. The van der Waals surface area contributed by atoms with Gasteiger partial charge in [-0.3, -0.25) is 4.79 Å². The summed E-state index contributed by atoms with van der Waals surface area (Å²) in [6.07, 6.45) is 3.28. The molecule has 1 aliphatic rings. The van der Waals surface area contributed by atoms with Crippen molar-refractivity contribution in [3.8, 4) is 11.1 Å². The molecule has 0 aliphatic carbocycles. The molecule has 32 heavy (non-hydrogen) atoms. The molecule has 0 unspecified atom stereocenters. The van der Waals surface area contributed by atoms with Crippen LogP contribution >= 0.6 is 0 Å². The van der Waals surface area contributed by atoms with Crippen LogP contribution in [0.15, 0.2) is 42.6 Å². The summed E-state index contributed by atoms with van der Waals surface area (Å²) in [5, 5.41) is 0.932. The number of aromatic nitrogens is 1. The highest BCUT2D eigenvalue weighted by atomic mass is 19.1. The molecule has 2 heterocycles. The normalized spacial score (nSPS) is 14.8. The van der Waals surface area contributed by atoms with Gasteiger partial charge >= 0.3 is 6.09 Å². The number of rotatable bonds is 5. The third kappa shape index (κ3) is 4.47. The second-order valence-corrected chi connectivity index (χ2v) is 8.79. The first-order valence-corrected chi connectivity index (χ1v) is 11.0. The van der Waals surface area contributed by atoms with Crippen molar-refractivity contribution >= 4 is 22.9 Å². The number of carbonyl (C=O) groups excluding carboxylic acids is 2. The fourth-order valence-corrected chi connectivity index (χ4v) is 4.30. The first-order valence-electron chi connectivity index (χ1n) is 11.0. The summed E-state index contributed by atoms with van der Waals surface area (Å²) in [5.74, 6) is -0.291. The van der Waals surface area contributed by atoms with E-state index in [0.717, 1.165) is 34.9 Å². The number of hydrogen-bond donors (Lipinski definition) is 2. The Morgan fingerprint density at radius 3 is 2.47 bits per heavy atom. The Balaban J connectivity index is 1.61. The van der Waals surface area contributed by atoms with Crippen LogP contribution < -0.4 is 5.73 Å². The molecule has 1 aliphatic heterocycles. The molecule has 168 valence electrons. The summed E-state index contributed by atoms with van der Waals surface area (Å²) in [4.78, 5) is 29.4. The molecule has 3 N–H and O–H groups in total. The Kier molecular flexibility index (Phi) is 6.17. The van der Waals surface area contributed by atoms with Gasteiger partial charge in [-0.1, -0.05) is 26.0 Å². The molecule has 3 aromatic rings. The standard InChI is InChI=1S/C25H28FN3O3/c1-15(2)14-32-25(31)29-9-7-17(8-10-29)22-13-28-23-20(22)11-18(12-21(23)24(27)30)16-3-5-19(26)6-4-16/h3-6,11-13,15,17,28H,7-10,14H2,1-2H3,(H2,27,30). The summed E-state index contributed by atoms with van der Waals surface area (Å²) < 4.78 is 18.7. The van der Waals surface area contributed by atoms with Gasteiger partial charge in [-0.25, -0.2) is 9.18 Å². The van der Waals surface area contributed by atoms with Gasteiger partial charge in [0, 0.05) is 24.7 Å². The lowest BCUT2D eigenvalue weighted by Gasteiger charge is -2.31. The zero-order valence-electron chi connectivity index (χ0n) is 18.4. The van der Waals surface area contributed by atoms with Crippen molar-refractivity contribution in [1.82, 2.24) is 9.88 Å². The topological polar surface area (TPSA) is 88.4 Å². The molecule has 6 nitrogen and oxygen atoms in total. The number of likely N-dealkylation sites (tertiary alicyclic amines) is 1. The average Bonchev–Trinajstić information content (AvgIpc) is 3.21. The van der Waals surface area contributed by atoms with Crippen molar-refractivity contribution in [3.63, 3.8) is 0 Å². The van der Waals surface area contributed by atoms with Crippen LogP contribution in [0, 0.1) is 11.7 Å². The Labute approximate surface area is 186 Å². The second-order valence-electron chi connectivity index (χ2n) is 8.79. The number of hydrogen-bond acceptors (Lipinski definition) is 3. The number of H-pyrrole nitrogens is 1. The van der Waals surface area contributed by atoms with Crippen LogP contribution in [-0.2, 0) is 4.74 Å². The summed E-state index contributed by atoms with van der Waals surface area (Å²) >= 11 is 0. The van der Waals surface area contributed by atoms with Crippen LogP contribution in [0.2, 0.25) is 0 Å². The molecule has 0 atom stereocenters. The maximum atomic E-state index is 13.4. The first kappa shape index (κ1) is 21.9. The van der Waals surface area contributed by atoms with Gasteiger partial charge in [0.2, 0.25) is 0 Å². The number of primary amides is 1. The highest BCUT2D eigenvalue weighted by Crippen LogP contribution is 2.37. The molecule has 4 rings (SSSR count). The maximum absolute atomic E-state index is 13.4. The minimum absolute atomic E-state index is 0.238. The van der Waals surface area contributed by atoms with Gasteiger partial charge in [-0.05, 0) is 65.6 Å². The Morgan fingerprint density at radius 2 is 1.84 bits per heavy atom. The molecule has 2 aromatic carbocycles. The number of halogens is 1. The minimum atomic E-state index is -0.518. The van der Waals surface area contributed by atoms with Crippen molar-refractivity contribution in [2.75, 3.05) is 19.7 Å². The minimum Gasteiger partial charge on any atom is -0.449 e. The number of fused-ring (bicyclic) bond motifs is 1. The molecule has 0 bridgehead atoms. The van der Waals surface area contributed by atoms with E-state index in [1.807, 2.05) is 26.1 Å². The second kappa shape index (κ2) is 9.02. The first-order chi connectivity index (χ1) is 15.3. The zero-order chi connectivity index (χ0) is 22.8. The van der Waals surface area contributed by atoms with E-state index in [4.69, 9.17) is 10.5 Å². The van der Waals surface area contributed by atoms with Gasteiger partial charge in [0.05, 0.1) is 17.7 Å². The van der Waals surface area contributed by atoms with Crippen molar-refractivity contribution in [2.24, 2.45) is 11.7 Å². The van der Waals surface area contributed by atoms with Crippen molar-refractivity contribution in [2.45, 2.75) is 32.6 Å². The maximum Gasteiger partial charge on any atom is 0.409 e. The van der Waals surface area contributed by atoms with Gasteiger partial charge in [0.25, 0.3) is 5.91 Å². The van der Waals surface area contributed by atoms with E-state index in [2.05, 4.69) is 4.98 Å². The van der Waals surface area contributed by atoms with E-state index in [-0.39, 0.29) is 17.8 Å². The van der Waals surface area contributed by atoms with E-state index in [0.29, 0.717) is 36.7 Å². The lowest BCUT2D eigenvalue weighted by molar-refractivity contribution is 0.0834. The summed E-state index contributed by atoms with van der Waals surface area (Å²) in [6.45, 7) is 5.68. The van der Waals surface area contributed by atoms with Crippen molar-refractivity contribution in [3.05, 3.63) is 59.5 Å². The van der Waals surface area contributed by atoms with E-state index in [1.54, 1.807) is 23.1 Å². The number of ether oxygens (including phenoxy) is 1. The highest BCUT2D eigenvalue weighted by molar-refractivity contribution is 6.07. The molecular weight excluding hydrogens is 409 g/mol. The molecule has 1 saturated heterocycles. The smallest absolute Gasteiger partial charge is 0.409 e. The Morgan fingerprint density at radius 1 is 1.16 bits per heavy atom. The van der Waals surface area contributed by atoms with E-state index in [9.17, 15) is 14.0 Å². The molecule has 0 spiro atoms. The monoisotopic (exact) mass is 437 g/mol. The average molecular weight is 438 g/mol. The third-order valence-corrected chi connectivity index (χ3v) is 6.00. The van der Waals surface area contributed by atoms with Crippen molar-refractivity contribution < 1.29 is 18.7 Å². The molecule has 7 heteroatoms. The fourth-order valence-electron chi connectivity index (χ4n) is 4.30. The van der Waals surface area contributed by atoms with Crippen LogP contribution in [0.25, 0.3) is 22.0 Å². The van der Waals surface area contributed by atoms with Gasteiger partial charge in [0.15, 0.2) is 0 Å². The third-order valence-electron chi connectivity index (χ3n) is 6.00. The lowest BCUT2D eigenvalue weighted by atomic mass is 9.88. The number of nitrogens with one attached hydrogen (secondary N) is 1. The fraction of sp³-hybridized carbons (Fsp3) is 0.360. The lowest BCUT2D eigenvalue weighted by Crippen LogP contribution is -2.38. The van der Waals surface area contributed by atoms with E-state index >= 15 is 0 Å². The number of nitrogens with zero attached hydrogens (tertiary/aromatic N) is 1. The van der Waals surface area contributed by atoms with Gasteiger partial charge < -0.3 is 20.4 Å². The quantitative estimate of drug-likeness (QED) is 0.586. The number of benzene rings is 2. The Bertz CT molecular complexity index is 1130. The van der Waals surface area contributed by atoms with Crippen molar-refractivity contribution in [1.29, 1.82) is 0 Å².